The van der Waals surface area contributed by atoms with E-state index < -0.39 is 0 Å². The van der Waals surface area contributed by atoms with E-state index in [-0.39, 0.29) is 6.29 Å². The maximum Gasteiger partial charge on any atom is 0.177 e. The number of rotatable bonds is 4. The lowest BCUT2D eigenvalue weighted by Crippen LogP contribution is -2.32. The molecule has 1 aromatic rings. The molecule has 5 heteroatoms. The maximum atomic E-state index is 5.71. The van der Waals surface area contributed by atoms with Crippen molar-refractivity contribution in [3.05, 3.63) is 47.3 Å². The number of allylic oxidation sites excluding steroid dienone is 2. The second-order valence-corrected chi connectivity index (χ2v) is 5.58. The summed E-state index contributed by atoms with van der Waals surface area (Å²) in [5.74, 6) is 0. The first-order chi connectivity index (χ1) is 9.28. The Morgan fingerprint density at radius 3 is 2.74 bits per heavy atom. The first kappa shape index (κ1) is 14.6. The highest BCUT2D eigenvalue weighted by Gasteiger charge is 2.18. The lowest BCUT2D eigenvalue weighted by Gasteiger charge is -2.26. The molecule has 2 rings (SSSR count). The summed E-state index contributed by atoms with van der Waals surface area (Å²) < 4.78 is 11.1. The van der Waals surface area contributed by atoms with Crippen molar-refractivity contribution >= 4 is 29.4 Å². The molecule has 0 aliphatic carbocycles. The number of hydrogen-bond donors (Lipinski definition) is 0. The van der Waals surface area contributed by atoms with E-state index in [0.29, 0.717) is 10.4 Å². The molecule has 0 aromatic carbocycles. The summed E-state index contributed by atoms with van der Waals surface area (Å²) >= 11 is 7.48. The third-order valence-electron chi connectivity index (χ3n) is 2.64. The number of ether oxygens (including phenoxy) is 2. The molecular formula is C14H16ClNO2S. The highest BCUT2D eigenvalue weighted by atomic mass is 35.5. The van der Waals surface area contributed by atoms with Gasteiger partial charge in [-0.05, 0) is 24.0 Å². The number of aromatic nitrogens is 1. The van der Waals surface area contributed by atoms with Crippen molar-refractivity contribution in [2.75, 3.05) is 19.5 Å². The molecule has 1 aliphatic rings. The summed E-state index contributed by atoms with van der Waals surface area (Å²) in [6.07, 6.45) is 11.2. The van der Waals surface area contributed by atoms with Crippen LogP contribution in [0.15, 0.2) is 36.6 Å². The standard InChI is InChI=1S/C14H16ClNO2S/c1-19-12-9-17-14(18-10-12)5-3-2-4-11-6-7-13(15)16-8-11/h2-8,12,14H,9-10H2,1H3/b4-2+,5-3+. The predicted octanol–water partition coefficient (Wildman–Crippen LogP) is 3.41. The molecule has 19 heavy (non-hydrogen) atoms. The molecule has 0 spiro atoms. The van der Waals surface area contributed by atoms with Gasteiger partial charge in [0.1, 0.15) is 5.15 Å². The molecule has 0 unspecified atom stereocenters. The van der Waals surface area contributed by atoms with E-state index in [9.17, 15) is 0 Å². The summed E-state index contributed by atoms with van der Waals surface area (Å²) in [7, 11) is 0. The van der Waals surface area contributed by atoms with Crippen molar-refractivity contribution in [2.45, 2.75) is 11.5 Å². The van der Waals surface area contributed by atoms with Gasteiger partial charge in [0.25, 0.3) is 0 Å². The van der Waals surface area contributed by atoms with E-state index in [1.54, 1.807) is 24.0 Å². The van der Waals surface area contributed by atoms with Crippen LogP contribution in [0.4, 0.5) is 0 Å². The number of nitrogens with zero attached hydrogens (tertiary/aromatic N) is 1. The van der Waals surface area contributed by atoms with E-state index in [2.05, 4.69) is 11.2 Å². The van der Waals surface area contributed by atoms with E-state index >= 15 is 0 Å². The van der Waals surface area contributed by atoms with Gasteiger partial charge in [-0.3, -0.25) is 0 Å². The van der Waals surface area contributed by atoms with E-state index in [4.69, 9.17) is 21.1 Å². The van der Waals surface area contributed by atoms with Crippen molar-refractivity contribution < 1.29 is 9.47 Å². The van der Waals surface area contributed by atoms with Gasteiger partial charge < -0.3 is 9.47 Å². The second kappa shape index (κ2) is 7.70. The molecule has 3 nitrogen and oxygen atoms in total. The van der Waals surface area contributed by atoms with Crippen LogP contribution in [0.3, 0.4) is 0 Å². The Morgan fingerprint density at radius 2 is 2.11 bits per heavy atom. The van der Waals surface area contributed by atoms with Gasteiger partial charge in [0.15, 0.2) is 6.29 Å². The van der Waals surface area contributed by atoms with Crippen LogP contribution in [-0.2, 0) is 9.47 Å². The molecule has 1 aromatic heterocycles. The smallest absolute Gasteiger partial charge is 0.177 e. The van der Waals surface area contributed by atoms with Crippen LogP contribution in [0.25, 0.3) is 6.08 Å². The topological polar surface area (TPSA) is 31.4 Å². The third-order valence-corrected chi connectivity index (χ3v) is 3.81. The van der Waals surface area contributed by atoms with Crippen LogP contribution in [0.1, 0.15) is 5.56 Å². The van der Waals surface area contributed by atoms with Crippen molar-refractivity contribution in [3.8, 4) is 0 Å². The molecule has 102 valence electrons. The summed E-state index contributed by atoms with van der Waals surface area (Å²) in [5, 5.41) is 0.945. The molecule has 1 saturated heterocycles. The Hall–Kier alpha value is -0.810. The average molecular weight is 298 g/mol. The summed E-state index contributed by atoms with van der Waals surface area (Å²) in [6, 6.07) is 3.68. The fraction of sp³-hybridized carbons (Fsp3) is 0.357. The van der Waals surface area contributed by atoms with Crippen LogP contribution in [-0.4, -0.2) is 36.0 Å². The summed E-state index contributed by atoms with van der Waals surface area (Å²) in [6.45, 7) is 1.47. The van der Waals surface area contributed by atoms with E-state index in [1.807, 2.05) is 30.4 Å². The first-order valence-corrected chi connectivity index (χ1v) is 7.67. The lowest BCUT2D eigenvalue weighted by molar-refractivity contribution is -0.146. The molecule has 0 amide bonds. The second-order valence-electron chi connectivity index (χ2n) is 4.05. The lowest BCUT2D eigenvalue weighted by atomic mass is 10.2. The molecule has 1 fully saturated rings. The zero-order valence-electron chi connectivity index (χ0n) is 10.7. The molecule has 0 atom stereocenters. The quantitative estimate of drug-likeness (QED) is 0.629. The van der Waals surface area contributed by atoms with Gasteiger partial charge in [0, 0.05) is 6.20 Å². The zero-order valence-corrected chi connectivity index (χ0v) is 12.2. The van der Waals surface area contributed by atoms with Crippen LogP contribution >= 0.6 is 23.4 Å². The average Bonchev–Trinajstić information content (AvgIpc) is 2.46. The van der Waals surface area contributed by atoms with Gasteiger partial charge in [0.2, 0.25) is 0 Å². The predicted molar refractivity (Wildman–Crippen MR) is 80.4 cm³/mol. The van der Waals surface area contributed by atoms with E-state index in [0.717, 1.165) is 18.8 Å². The van der Waals surface area contributed by atoms with Crippen molar-refractivity contribution in [1.29, 1.82) is 0 Å². The minimum absolute atomic E-state index is 0.239. The van der Waals surface area contributed by atoms with Gasteiger partial charge in [-0.2, -0.15) is 11.8 Å². The highest BCUT2D eigenvalue weighted by molar-refractivity contribution is 7.99. The van der Waals surface area contributed by atoms with Crippen LogP contribution < -0.4 is 0 Å². The monoisotopic (exact) mass is 297 g/mol. The molecule has 2 heterocycles. The van der Waals surface area contributed by atoms with E-state index in [1.165, 1.54) is 0 Å². The van der Waals surface area contributed by atoms with Crippen molar-refractivity contribution in [2.24, 2.45) is 0 Å². The van der Waals surface area contributed by atoms with Gasteiger partial charge in [-0.25, -0.2) is 4.98 Å². The zero-order chi connectivity index (χ0) is 13.5. The molecular weight excluding hydrogens is 282 g/mol. The maximum absolute atomic E-state index is 5.71. The van der Waals surface area contributed by atoms with Crippen LogP contribution in [0, 0.1) is 0 Å². The SMILES string of the molecule is CSC1COC(/C=C/C=C/c2ccc(Cl)nc2)OC1. The molecule has 0 bridgehead atoms. The third kappa shape index (κ3) is 4.99. The van der Waals surface area contributed by atoms with Crippen molar-refractivity contribution in [3.63, 3.8) is 0 Å². The van der Waals surface area contributed by atoms with Gasteiger partial charge >= 0.3 is 0 Å². The van der Waals surface area contributed by atoms with Gasteiger partial charge in [-0.15, -0.1) is 0 Å². The minimum atomic E-state index is -0.239. The molecule has 0 saturated carbocycles. The highest BCUT2D eigenvalue weighted by Crippen LogP contribution is 2.16. The number of pyridine rings is 1. The Labute approximate surface area is 122 Å². The number of thioether (sulfide) groups is 1. The number of halogens is 1. The fourth-order valence-corrected chi connectivity index (χ4v) is 2.10. The van der Waals surface area contributed by atoms with Gasteiger partial charge in [-0.1, -0.05) is 35.9 Å². The number of hydrogen-bond acceptors (Lipinski definition) is 4. The van der Waals surface area contributed by atoms with Crippen molar-refractivity contribution in [1.82, 2.24) is 4.98 Å². The Morgan fingerprint density at radius 1 is 1.32 bits per heavy atom. The minimum Gasteiger partial charge on any atom is -0.348 e. The largest absolute Gasteiger partial charge is 0.348 e. The Balaban J connectivity index is 1.78. The molecule has 0 radical (unpaired) electrons. The van der Waals surface area contributed by atoms with Crippen LogP contribution in [0.2, 0.25) is 5.15 Å². The summed E-state index contributed by atoms with van der Waals surface area (Å²) in [4.78, 5) is 4.00. The fourth-order valence-electron chi connectivity index (χ4n) is 1.56. The Kier molecular flexibility index (Phi) is 5.92. The normalized spacial score (nSPS) is 24.3. The Bertz CT molecular complexity index is 439. The first-order valence-electron chi connectivity index (χ1n) is 6.00. The van der Waals surface area contributed by atoms with Gasteiger partial charge in [0.05, 0.1) is 18.5 Å². The summed E-state index contributed by atoms with van der Waals surface area (Å²) in [5.41, 5.74) is 1.00. The molecule has 1 aliphatic heterocycles. The molecule has 0 N–H and O–H groups in total. The van der Waals surface area contributed by atoms with Crippen LogP contribution in [0.5, 0.6) is 0 Å².